The van der Waals surface area contributed by atoms with Crippen LogP contribution < -0.4 is 5.73 Å². The summed E-state index contributed by atoms with van der Waals surface area (Å²) in [6.07, 6.45) is 1.70. The number of hydrogen-bond acceptors (Lipinski definition) is 7. The van der Waals surface area contributed by atoms with E-state index < -0.39 is 52.7 Å². The van der Waals surface area contributed by atoms with Gasteiger partial charge in [-0.05, 0) is 55.2 Å². The lowest BCUT2D eigenvalue weighted by Gasteiger charge is -2.48. The van der Waals surface area contributed by atoms with Crippen molar-refractivity contribution in [2.24, 2.45) is 23.5 Å². The second kappa shape index (κ2) is 7.46. The molecule has 1 aromatic rings. The number of aliphatic hydroxyl groups is 3. The molecule has 3 aliphatic rings. The van der Waals surface area contributed by atoms with Crippen LogP contribution in [-0.4, -0.2) is 49.6 Å². The number of hydrogen-bond donors (Lipinski definition) is 5. The van der Waals surface area contributed by atoms with Crippen LogP contribution >= 0.6 is 0 Å². The van der Waals surface area contributed by atoms with Crippen molar-refractivity contribution in [2.75, 3.05) is 0 Å². The van der Waals surface area contributed by atoms with Crippen molar-refractivity contribution < 1.29 is 34.8 Å². The Morgan fingerprint density at radius 2 is 1.94 bits per heavy atom. The van der Waals surface area contributed by atoms with Crippen LogP contribution in [0.2, 0.25) is 0 Å². The van der Waals surface area contributed by atoms with Crippen molar-refractivity contribution in [3.63, 3.8) is 0 Å². The second-order valence-electron chi connectivity index (χ2n) is 8.94. The normalized spacial score (nSPS) is 32.4. The molecule has 0 radical (unpaired) electrons. The van der Waals surface area contributed by atoms with Crippen LogP contribution in [0.5, 0.6) is 5.75 Å². The average Bonchev–Trinajstić information content (AvgIpc) is 2.70. The van der Waals surface area contributed by atoms with Crippen LogP contribution in [0.15, 0.2) is 17.7 Å². The smallest absolute Gasteiger partial charge is 0.230 e. The van der Waals surface area contributed by atoms with E-state index in [0.717, 1.165) is 30.4 Å². The molecule has 0 bridgehead atoms. The average molecular weight is 429 g/mol. The molecule has 6 N–H and O–H groups in total. The summed E-state index contributed by atoms with van der Waals surface area (Å²) in [6.45, 7) is 2.06. The molecule has 8 nitrogen and oxygen atoms in total. The van der Waals surface area contributed by atoms with Crippen molar-refractivity contribution in [1.29, 1.82) is 0 Å². The number of phenols is 1. The molecule has 1 amide bonds. The summed E-state index contributed by atoms with van der Waals surface area (Å²) >= 11 is 0. The van der Waals surface area contributed by atoms with E-state index in [1.165, 1.54) is 6.07 Å². The third-order valence-electron chi connectivity index (χ3n) is 7.16. The molecular weight excluding hydrogens is 402 g/mol. The standard InChI is InChI=1S/C23H27NO7/c1-2-3-4-10-5-6-14(25)17-13(10)8-11-7-12-9-15(26)18(22(24)30)21(29)23(12,31)20(28)16(11)19(17)27/h5-6,11-12,15,18,25-27,31H,2-4,7-9H2,1H3,(H2,24,30)/t11-,12+,15?,18?,23+/m1/s1. The molecule has 2 unspecified atom stereocenters. The molecule has 4 rings (SSSR count). The molecule has 0 aliphatic heterocycles. The highest BCUT2D eigenvalue weighted by Gasteiger charge is 2.63. The number of aromatic hydroxyl groups is 1. The van der Waals surface area contributed by atoms with E-state index in [9.17, 15) is 34.8 Å². The largest absolute Gasteiger partial charge is 0.507 e. The highest BCUT2D eigenvalue weighted by Crippen LogP contribution is 2.51. The van der Waals surface area contributed by atoms with E-state index in [1.54, 1.807) is 0 Å². The van der Waals surface area contributed by atoms with Gasteiger partial charge in [-0.2, -0.15) is 0 Å². The number of Topliss-reactive ketones (excluding diaryl/α,β-unsaturated/α-hetero) is 2. The van der Waals surface area contributed by atoms with Crippen molar-refractivity contribution in [3.05, 3.63) is 34.4 Å². The molecule has 2 saturated carbocycles. The van der Waals surface area contributed by atoms with Crippen LogP contribution in [0.3, 0.4) is 0 Å². The summed E-state index contributed by atoms with van der Waals surface area (Å²) in [4.78, 5) is 38.0. The van der Waals surface area contributed by atoms with E-state index in [4.69, 9.17) is 5.73 Å². The van der Waals surface area contributed by atoms with Crippen LogP contribution in [0.4, 0.5) is 0 Å². The zero-order chi connectivity index (χ0) is 22.7. The van der Waals surface area contributed by atoms with E-state index in [0.29, 0.717) is 6.42 Å². The fourth-order valence-corrected chi connectivity index (χ4v) is 5.59. The fourth-order valence-electron chi connectivity index (χ4n) is 5.59. The van der Waals surface area contributed by atoms with Crippen molar-refractivity contribution in [1.82, 2.24) is 0 Å². The second-order valence-corrected chi connectivity index (χ2v) is 8.94. The van der Waals surface area contributed by atoms with Gasteiger partial charge in [0.05, 0.1) is 11.7 Å². The first-order chi connectivity index (χ1) is 14.6. The lowest BCUT2D eigenvalue weighted by molar-refractivity contribution is -0.174. The van der Waals surface area contributed by atoms with Gasteiger partial charge in [0.25, 0.3) is 0 Å². The number of aliphatic hydroxyl groups excluding tert-OH is 2. The Kier molecular flexibility index (Phi) is 5.18. The number of fused-ring (bicyclic) bond motifs is 3. The number of carbonyl (C=O) groups is 3. The van der Waals surface area contributed by atoms with Gasteiger partial charge in [-0.1, -0.05) is 19.4 Å². The maximum absolute atomic E-state index is 13.4. The number of nitrogens with two attached hydrogens (primary N) is 1. The van der Waals surface area contributed by atoms with Crippen molar-refractivity contribution in [2.45, 2.75) is 57.2 Å². The van der Waals surface area contributed by atoms with Crippen molar-refractivity contribution in [3.8, 4) is 5.75 Å². The Balaban J connectivity index is 1.84. The zero-order valence-corrected chi connectivity index (χ0v) is 17.3. The third kappa shape index (κ3) is 3.00. The van der Waals surface area contributed by atoms with E-state index in [-0.39, 0.29) is 29.7 Å². The van der Waals surface area contributed by atoms with E-state index in [2.05, 4.69) is 6.92 Å². The van der Waals surface area contributed by atoms with Gasteiger partial charge in [0.15, 0.2) is 11.4 Å². The SMILES string of the molecule is CCCCc1ccc(O)c2c1C[C@H]1C[C@H]3CC(O)C(C(N)=O)C(=O)[C@@]3(O)C(=O)C1=C2O. The van der Waals surface area contributed by atoms with E-state index in [1.807, 2.05) is 6.07 Å². The van der Waals surface area contributed by atoms with Gasteiger partial charge >= 0.3 is 0 Å². The molecule has 8 heteroatoms. The predicted molar refractivity (Wildman–Crippen MR) is 110 cm³/mol. The Hall–Kier alpha value is -2.71. The lowest BCUT2D eigenvalue weighted by atomic mass is 9.56. The van der Waals surface area contributed by atoms with E-state index >= 15 is 0 Å². The number of ketones is 2. The van der Waals surface area contributed by atoms with Crippen molar-refractivity contribution >= 4 is 23.2 Å². The Morgan fingerprint density at radius 1 is 1.23 bits per heavy atom. The zero-order valence-electron chi connectivity index (χ0n) is 17.3. The Labute approximate surface area is 179 Å². The number of primary amides is 1. The monoisotopic (exact) mass is 429 g/mol. The van der Waals surface area contributed by atoms with Crippen LogP contribution in [-0.2, 0) is 27.2 Å². The quantitative estimate of drug-likeness (QED) is 0.445. The van der Waals surface area contributed by atoms with Gasteiger partial charge in [-0.25, -0.2) is 0 Å². The minimum atomic E-state index is -2.54. The first kappa shape index (κ1) is 21.5. The molecule has 166 valence electrons. The maximum atomic E-state index is 13.4. The minimum Gasteiger partial charge on any atom is -0.507 e. The molecule has 31 heavy (non-hydrogen) atoms. The van der Waals surface area contributed by atoms with Gasteiger partial charge in [0, 0.05) is 11.5 Å². The number of amides is 1. The molecule has 0 saturated heterocycles. The van der Waals surface area contributed by atoms with Gasteiger partial charge in [0.2, 0.25) is 11.7 Å². The fraction of sp³-hybridized carbons (Fsp3) is 0.522. The topological polar surface area (TPSA) is 158 Å². The summed E-state index contributed by atoms with van der Waals surface area (Å²) < 4.78 is 0. The van der Waals surface area contributed by atoms with Gasteiger partial charge < -0.3 is 26.2 Å². The molecule has 0 aromatic heterocycles. The summed E-state index contributed by atoms with van der Waals surface area (Å²) in [6, 6.07) is 3.28. The molecule has 0 spiro atoms. The van der Waals surface area contributed by atoms with Gasteiger partial charge in [-0.3, -0.25) is 14.4 Å². The molecule has 5 atom stereocenters. The molecule has 0 heterocycles. The number of benzene rings is 1. The number of phenolic OH excluding ortho intramolecular Hbond substituents is 1. The summed E-state index contributed by atoms with van der Waals surface area (Å²) in [7, 11) is 0. The minimum absolute atomic E-state index is 0.109. The van der Waals surface area contributed by atoms with Gasteiger partial charge in [-0.15, -0.1) is 0 Å². The van der Waals surface area contributed by atoms with Crippen LogP contribution in [0.1, 0.15) is 49.3 Å². The van der Waals surface area contributed by atoms with Gasteiger partial charge in [0.1, 0.15) is 17.4 Å². The Morgan fingerprint density at radius 3 is 2.58 bits per heavy atom. The maximum Gasteiger partial charge on any atom is 0.230 e. The highest BCUT2D eigenvalue weighted by atomic mass is 16.3. The summed E-state index contributed by atoms with van der Waals surface area (Å²) in [5.41, 5.74) is 4.48. The van der Waals surface area contributed by atoms with Crippen LogP contribution in [0, 0.1) is 17.8 Å². The number of aryl methyl sites for hydroxylation is 1. The number of rotatable bonds is 4. The summed E-state index contributed by atoms with van der Waals surface area (Å²) in [5.74, 6) is -6.87. The predicted octanol–water partition coefficient (Wildman–Crippen LogP) is 0.931. The third-order valence-corrected chi connectivity index (χ3v) is 7.16. The molecule has 3 aliphatic carbocycles. The molecular formula is C23H27NO7. The lowest BCUT2D eigenvalue weighted by Crippen LogP contribution is -2.66. The van der Waals surface area contributed by atoms with Crippen LogP contribution in [0.25, 0.3) is 5.76 Å². The first-order valence-electron chi connectivity index (χ1n) is 10.7. The highest BCUT2D eigenvalue weighted by molar-refractivity contribution is 6.24. The molecule has 2 fully saturated rings. The summed E-state index contributed by atoms with van der Waals surface area (Å²) in [5, 5.41) is 42.9. The number of carbonyl (C=O) groups excluding carboxylic acids is 3. The first-order valence-corrected chi connectivity index (χ1v) is 10.7. The Bertz CT molecular complexity index is 1010. The molecule has 1 aromatic carbocycles. The number of unbranched alkanes of at least 4 members (excludes halogenated alkanes) is 1.